The van der Waals surface area contributed by atoms with E-state index in [0.717, 1.165) is 10.8 Å². The summed E-state index contributed by atoms with van der Waals surface area (Å²) in [7, 11) is 0. The lowest BCUT2D eigenvalue weighted by Crippen LogP contribution is -1.86. The Labute approximate surface area is 101 Å². The smallest absolute Gasteiger partial charge is 0.150 e. The molecule has 0 spiro atoms. The van der Waals surface area contributed by atoms with Crippen molar-refractivity contribution in [3.63, 3.8) is 0 Å². The molecule has 1 aromatic heterocycles. The van der Waals surface area contributed by atoms with Crippen molar-refractivity contribution in [3.05, 3.63) is 52.8 Å². The molecule has 16 heavy (non-hydrogen) atoms. The Kier molecular flexibility index (Phi) is 3.31. The van der Waals surface area contributed by atoms with Gasteiger partial charge in [-0.3, -0.25) is 9.78 Å². The largest absolute Gasteiger partial charge is 0.456 e. The number of rotatable bonds is 3. The first-order valence-electron chi connectivity index (χ1n) is 4.61. The lowest BCUT2D eigenvalue weighted by Gasteiger charge is -2.05. The first-order chi connectivity index (χ1) is 7.78. The number of halogens is 1. The second-order valence-corrected chi connectivity index (χ2v) is 4.04. The van der Waals surface area contributed by atoms with Gasteiger partial charge >= 0.3 is 0 Å². The standard InChI is InChI=1S/C12H8BrNO2/c13-10-5-12(7-14-6-10)16-11-3-1-9(8-15)2-4-11/h1-8H. The summed E-state index contributed by atoms with van der Waals surface area (Å²) < 4.78 is 6.41. The summed E-state index contributed by atoms with van der Waals surface area (Å²) in [5.41, 5.74) is 0.625. The molecule has 0 aliphatic heterocycles. The third-order valence-electron chi connectivity index (χ3n) is 1.93. The van der Waals surface area contributed by atoms with Gasteiger partial charge in [-0.1, -0.05) is 0 Å². The van der Waals surface area contributed by atoms with Crippen LogP contribution in [0.15, 0.2) is 47.2 Å². The molecular formula is C12H8BrNO2. The highest BCUT2D eigenvalue weighted by Crippen LogP contribution is 2.23. The van der Waals surface area contributed by atoms with Gasteiger partial charge in [-0.05, 0) is 46.3 Å². The van der Waals surface area contributed by atoms with E-state index >= 15 is 0 Å². The van der Waals surface area contributed by atoms with Crippen molar-refractivity contribution in [2.45, 2.75) is 0 Å². The lowest BCUT2D eigenvalue weighted by molar-refractivity contribution is 0.112. The van der Waals surface area contributed by atoms with Gasteiger partial charge in [0.05, 0.1) is 6.20 Å². The van der Waals surface area contributed by atoms with Crippen molar-refractivity contribution in [2.24, 2.45) is 0 Å². The van der Waals surface area contributed by atoms with Crippen LogP contribution in [0.5, 0.6) is 11.5 Å². The van der Waals surface area contributed by atoms with Crippen LogP contribution >= 0.6 is 15.9 Å². The number of pyridine rings is 1. The summed E-state index contributed by atoms with van der Waals surface area (Å²) in [6, 6.07) is 8.71. The molecule has 0 radical (unpaired) electrons. The van der Waals surface area contributed by atoms with Crippen molar-refractivity contribution in [3.8, 4) is 11.5 Å². The Morgan fingerprint density at radius 2 is 1.88 bits per heavy atom. The Hall–Kier alpha value is -1.68. The van der Waals surface area contributed by atoms with E-state index in [1.807, 2.05) is 6.07 Å². The molecule has 0 atom stereocenters. The summed E-state index contributed by atoms with van der Waals surface area (Å²) in [5.74, 6) is 1.32. The summed E-state index contributed by atoms with van der Waals surface area (Å²) in [4.78, 5) is 14.4. The third kappa shape index (κ3) is 2.67. The molecule has 0 aliphatic carbocycles. The predicted molar refractivity (Wildman–Crippen MR) is 63.8 cm³/mol. The van der Waals surface area contributed by atoms with E-state index < -0.39 is 0 Å². The molecule has 2 rings (SSSR count). The maximum atomic E-state index is 10.5. The first kappa shape index (κ1) is 10.8. The molecule has 2 aromatic rings. The fourth-order valence-corrected chi connectivity index (χ4v) is 1.54. The molecule has 0 bridgehead atoms. The summed E-state index contributed by atoms with van der Waals surface area (Å²) >= 11 is 3.31. The second-order valence-electron chi connectivity index (χ2n) is 3.13. The SMILES string of the molecule is O=Cc1ccc(Oc2cncc(Br)c2)cc1. The minimum atomic E-state index is 0.625. The topological polar surface area (TPSA) is 39.2 Å². The summed E-state index contributed by atoms with van der Waals surface area (Å²) in [5, 5.41) is 0. The van der Waals surface area contributed by atoms with E-state index in [9.17, 15) is 4.79 Å². The predicted octanol–water partition coefficient (Wildman–Crippen LogP) is 3.45. The van der Waals surface area contributed by atoms with E-state index in [1.165, 1.54) is 0 Å². The van der Waals surface area contributed by atoms with Gasteiger partial charge in [0, 0.05) is 16.2 Å². The number of aldehydes is 1. The average Bonchev–Trinajstić information content (AvgIpc) is 2.30. The first-order valence-corrected chi connectivity index (χ1v) is 5.41. The highest BCUT2D eigenvalue weighted by atomic mass is 79.9. The van der Waals surface area contributed by atoms with Crippen LogP contribution in [-0.2, 0) is 0 Å². The van der Waals surface area contributed by atoms with Crippen LogP contribution in [-0.4, -0.2) is 11.3 Å². The van der Waals surface area contributed by atoms with Crippen molar-refractivity contribution >= 4 is 22.2 Å². The number of carbonyl (C=O) groups excluding carboxylic acids is 1. The number of carbonyl (C=O) groups is 1. The quantitative estimate of drug-likeness (QED) is 0.807. The Balaban J connectivity index is 2.17. The fourth-order valence-electron chi connectivity index (χ4n) is 1.20. The molecule has 0 unspecified atom stereocenters. The molecule has 80 valence electrons. The average molecular weight is 278 g/mol. The van der Waals surface area contributed by atoms with Gasteiger partial charge < -0.3 is 4.74 Å². The molecule has 0 N–H and O–H groups in total. The highest BCUT2D eigenvalue weighted by Gasteiger charge is 1.98. The minimum absolute atomic E-state index is 0.625. The van der Waals surface area contributed by atoms with Gasteiger partial charge in [0.25, 0.3) is 0 Å². The van der Waals surface area contributed by atoms with Gasteiger partial charge in [-0.25, -0.2) is 0 Å². The lowest BCUT2D eigenvalue weighted by atomic mass is 10.2. The molecule has 0 saturated carbocycles. The number of ether oxygens (including phenoxy) is 1. The maximum Gasteiger partial charge on any atom is 0.150 e. The number of aromatic nitrogens is 1. The van der Waals surface area contributed by atoms with E-state index in [2.05, 4.69) is 20.9 Å². The maximum absolute atomic E-state index is 10.5. The number of hydrogen-bond acceptors (Lipinski definition) is 3. The van der Waals surface area contributed by atoms with Crippen LogP contribution in [0.25, 0.3) is 0 Å². The Morgan fingerprint density at radius 1 is 1.12 bits per heavy atom. The van der Waals surface area contributed by atoms with Crippen molar-refractivity contribution in [1.29, 1.82) is 0 Å². The van der Waals surface area contributed by atoms with Gasteiger partial charge in [0.15, 0.2) is 0 Å². The van der Waals surface area contributed by atoms with Crippen LogP contribution in [0, 0.1) is 0 Å². The van der Waals surface area contributed by atoms with Crippen LogP contribution in [0.4, 0.5) is 0 Å². The minimum Gasteiger partial charge on any atom is -0.456 e. The zero-order valence-electron chi connectivity index (χ0n) is 8.26. The number of nitrogens with zero attached hydrogens (tertiary/aromatic N) is 1. The van der Waals surface area contributed by atoms with Crippen LogP contribution in [0.3, 0.4) is 0 Å². The van der Waals surface area contributed by atoms with Crippen LogP contribution < -0.4 is 4.74 Å². The third-order valence-corrected chi connectivity index (χ3v) is 2.37. The zero-order valence-corrected chi connectivity index (χ0v) is 9.85. The van der Waals surface area contributed by atoms with Gasteiger partial charge in [-0.2, -0.15) is 0 Å². The molecule has 0 fully saturated rings. The Morgan fingerprint density at radius 3 is 2.50 bits per heavy atom. The van der Waals surface area contributed by atoms with Gasteiger partial charge in [0.1, 0.15) is 17.8 Å². The molecule has 1 heterocycles. The molecule has 1 aromatic carbocycles. The van der Waals surface area contributed by atoms with Gasteiger partial charge in [-0.15, -0.1) is 0 Å². The molecule has 0 saturated heterocycles. The van der Waals surface area contributed by atoms with Crippen molar-refractivity contribution in [2.75, 3.05) is 0 Å². The summed E-state index contributed by atoms with van der Waals surface area (Å²) in [6.07, 6.45) is 4.10. The normalized spacial score (nSPS) is 9.81. The van der Waals surface area contributed by atoms with Crippen LogP contribution in [0.1, 0.15) is 10.4 Å². The van der Waals surface area contributed by atoms with Crippen molar-refractivity contribution < 1.29 is 9.53 Å². The number of benzene rings is 1. The molecular weight excluding hydrogens is 270 g/mol. The fraction of sp³-hybridized carbons (Fsp3) is 0. The van der Waals surface area contributed by atoms with E-state index in [0.29, 0.717) is 17.1 Å². The second kappa shape index (κ2) is 4.90. The molecule has 0 amide bonds. The number of hydrogen-bond donors (Lipinski definition) is 0. The Bertz CT molecular complexity index is 497. The molecule has 0 aliphatic rings. The highest BCUT2D eigenvalue weighted by molar-refractivity contribution is 9.10. The van der Waals surface area contributed by atoms with Crippen molar-refractivity contribution in [1.82, 2.24) is 4.98 Å². The van der Waals surface area contributed by atoms with E-state index in [4.69, 9.17) is 4.74 Å². The monoisotopic (exact) mass is 277 g/mol. The van der Waals surface area contributed by atoms with Crippen LogP contribution in [0.2, 0.25) is 0 Å². The summed E-state index contributed by atoms with van der Waals surface area (Å²) in [6.45, 7) is 0. The van der Waals surface area contributed by atoms with Gasteiger partial charge in [0.2, 0.25) is 0 Å². The molecule has 4 heteroatoms. The van der Waals surface area contributed by atoms with E-state index in [-0.39, 0.29) is 0 Å². The van der Waals surface area contributed by atoms with E-state index in [1.54, 1.807) is 36.7 Å². The molecule has 3 nitrogen and oxygen atoms in total. The zero-order chi connectivity index (χ0) is 11.4.